The second-order valence-electron chi connectivity index (χ2n) is 6.53. The van der Waals surface area contributed by atoms with E-state index >= 15 is 0 Å². The summed E-state index contributed by atoms with van der Waals surface area (Å²) in [4.78, 5) is 13.4. The Morgan fingerprint density at radius 1 is 0.500 bits per heavy atom. The van der Waals surface area contributed by atoms with Gasteiger partial charge in [0.2, 0.25) is 0 Å². The Morgan fingerprint density at radius 2 is 0.821 bits per heavy atom. The maximum atomic E-state index is 13.4. The van der Waals surface area contributed by atoms with Gasteiger partial charge in [0.25, 0.3) is 0 Å². The third kappa shape index (κ3) is 3.84. The van der Waals surface area contributed by atoms with Crippen LogP contribution in [-0.4, -0.2) is 24.8 Å². The Balaban J connectivity index is 1.95. The summed E-state index contributed by atoms with van der Waals surface area (Å²) in [5.41, 5.74) is 0.764. The van der Waals surface area contributed by atoms with E-state index in [0.29, 0.717) is 0 Å². The summed E-state index contributed by atoms with van der Waals surface area (Å²) in [7, 11) is 1.59. The van der Waals surface area contributed by atoms with Gasteiger partial charge in [-0.25, -0.2) is 0 Å². The van der Waals surface area contributed by atoms with E-state index in [1.54, 1.807) is 8.31 Å². The van der Waals surface area contributed by atoms with Crippen LogP contribution in [0.4, 0.5) is 0 Å². The monoisotopic (exact) mass is 576 g/mol. The molecule has 0 spiro atoms. The van der Waals surface area contributed by atoms with Crippen molar-refractivity contribution >= 4 is 42.5 Å². The standard InChI is InChI=1S/C7H6OS.3C6H5.Pb/c8-7(9)6-4-2-1-3-5-6;3*1-2-4-6-5-3-1;/h1-5H,(H,8,9);3*1-5H;/q;;;;+1/p-1. The molecule has 4 aromatic carbocycles. The molecule has 0 heterocycles. The van der Waals surface area contributed by atoms with E-state index < -0.39 is 19.7 Å². The van der Waals surface area contributed by atoms with Crippen molar-refractivity contribution in [3.8, 4) is 0 Å². The average Bonchev–Trinajstić information content (AvgIpc) is 2.80. The van der Waals surface area contributed by atoms with Crippen LogP contribution in [0.25, 0.3) is 0 Å². The first kappa shape index (κ1) is 19.2. The summed E-state index contributed by atoms with van der Waals surface area (Å²) < 4.78 is 3.92. The summed E-state index contributed by atoms with van der Waals surface area (Å²) in [6.07, 6.45) is 0. The zero-order valence-corrected chi connectivity index (χ0v) is 20.1. The van der Waals surface area contributed by atoms with Crippen LogP contribution in [0.5, 0.6) is 0 Å². The van der Waals surface area contributed by atoms with Gasteiger partial charge < -0.3 is 0 Å². The van der Waals surface area contributed by atoms with Gasteiger partial charge in [-0.05, 0) is 0 Å². The number of carbonyl (C=O) groups excluding carboxylic acids is 1. The molecule has 0 atom stereocenters. The van der Waals surface area contributed by atoms with E-state index in [4.69, 9.17) is 0 Å². The first-order valence-corrected chi connectivity index (χ1v) is 20.7. The van der Waals surface area contributed by atoms with Crippen molar-refractivity contribution in [2.75, 3.05) is 0 Å². The van der Waals surface area contributed by atoms with Crippen molar-refractivity contribution in [3.05, 3.63) is 127 Å². The number of benzene rings is 4. The molecule has 0 saturated heterocycles. The predicted molar refractivity (Wildman–Crippen MR) is 122 cm³/mol. The molecule has 0 unspecified atom stereocenters. The molecular weight excluding hydrogens is 556 g/mol. The van der Waals surface area contributed by atoms with Gasteiger partial charge >= 0.3 is 174 Å². The molecule has 28 heavy (non-hydrogen) atoms. The molecule has 1 nitrogen and oxygen atoms in total. The van der Waals surface area contributed by atoms with Crippen molar-refractivity contribution in [1.29, 1.82) is 0 Å². The second-order valence-corrected chi connectivity index (χ2v) is 26.9. The first-order chi connectivity index (χ1) is 13.8. The molecule has 0 aromatic heterocycles. The van der Waals surface area contributed by atoms with Crippen LogP contribution in [0.3, 0.4) is 0 Å². The second kappa shape index (κ2) is 8.88. The van der Waals surface area contributed by atoms with Crippen LogP contribution < -0.4 is 9.37 Å². The van der Waals surface area contributed by atoms with Crippen LogP contribution >= 0.6 is 8.31 Å². The SMILES string of the molecule is O=C([S][Pb]([c]1ccccc1)([c]1ccccc1)[c]1ccccc1)c1ccccc1. The fourth-order valence-corrected chi connectivity index (χ4v) is 28.3. The molecule has 0 saturated carbocycles. The molecule has 4 aromatic rings. The average molecular weight is 576 g/mol. The van der Waals surface area contributed by atoms with Crippen LogP contribution in [0.1, 0.15) is 10.4 Å². The third-order valence-electron chi connectivity index (χ3n) is 4.80. The molecule has 3 heteroatoms. The quantitative estimate of drug-likeness (QED) is 0.332. The molecule has 0 radical (unpaired) electrons. The Hall–Kier alpha value is -2.18. The fourth-order valence-electron chi connectivity index (χ4n) is 3.47. The van der Waals surface area contributed by atoms with Crippen molar-refractivity contribution in [1.82, 2.24) is 0 Å². The van der Waals surface area contributed by atoms with Gasteiger partial charge in [0.1, 0.15) is 0 Å². The van der Waals surface area contributed by atoms with Gasteiger partial charge in [-0.3, -0.25) is 0 Å². The van der Waals surface area contributed by atoms with Crippen LogP contribution in [0, 0.1) is 0 Å². The number of rotatable bonds is 5. The Bertz CT molecular complexity index is 938. The Kier molecular flexibility index (Phi) is 6.08. The molecule has 0 aliphatic carbocycles. The Labute approximate surface area is 173 Å². The maximum absolute atomic E-state index is 13.4. The normalized spacial score (nSPS) is 11.1. The summed E-state index contributed by atoms with van der Waals surface area (Å²) in [5.74, 6) is 0. The van der Waals surface area contributed by atoms with Gasteiger partial charge in [0.05, 0.1) is 0 Å². The van der Waals surface area contributed by atoms with E-state index in [1.807, 2.05) is 48.5 Å². The predicted octanol–water partition coefficient (Wildman–Crippen LogP) is 4.23. The molecule has 0 N–H and O–H groups in total. The summed E-state index contributed by atoms with van der Waals surface area (Å²) in [6, 6.07) is 41.5. The molecule has 0 aliphatic rings. The number of hydrogen-bond acceptors (Lipinski definition) is 2. The van der Waals surface area contributed by atoms with Gasteiger partial charge in [-0.1, -0.05) is 0 Å². The zero-order chi connectivity index (χ0) is 19.2. The molecule has 0 fully saturated rings. The van der Waals surface area contributed by atoms with Crippen LogP contribution in [0.2, 0.25) is 0 Å². The first-order valence-electron chi connectivity index (χ1n) is 9.26. The van der Waals surface area contributed by atoms with Gasteiger partial charge in [-0.2, -0.15) is 0 Å². The number of carbonyl (C=O) groups is 1. The molecule has 0 amide bonds. The Morgan fingerprint density at radius 3 is 1.18 bits per heavy atom. The van der Waals surface area contributed by atoms with Gasteiger partial charge in [-0.15, -0.1) is 0 Å². The van der Waals surface area contributed by atoms with Gasteiger partial charge in [0.15, 0.2) is 0 Å². The van der Waals surface area contributed by atoms with Crippen LogP contribution in [-0.2, 0) is 0 Å². The van der Waals surface area contributed by atoms with E-state index in [1.165, 1.54) is 9.37 Å². The molecule has 0 aliphatic heterocycles. The molecular formula is C25H20OPbS. The van der Waals surface area contributed by atoms with E-state index in [-0.39, 0.29) is 5.12 Å². The summed E-state index contributed by atoms with van der Waals surface area (Å²) in [6.45, 7) is 0. The minimum atomic E-state index is -3.79. The third-order valence-corrected chi connectivity index (χ3v) is 30.8. The van der Waals surface area contributed by atoms with E-state index in [0.717, 1.165) is 5.56 Å². The zero-order valence-electron chi connectivity index (χ0n) is 15.4. The number of hydrogen-bond donors (Lipinski definition) is 0. The molecule has 136 valence electrons. The van der Waals surface area contributed by atoms with E-state index in [2.05, 4.69) is 72.8 Å². The van der Waals surface area contributed by atoms with Crippen molar-refractivity contribution in [3.63, 3.8) is 0 Å². The fraction of sp³-hybridized carbons (Fsp3) is 0. The summed E-state index contributed by atoms with van der Waals surface area (Å²) >= 11 is -3.79. The minimum absolute atomic E-state index is 0.152. The van der Waals surface area contributed by atoms with Crippen LogP contribution in [0.15, 0.2) is 121 Å². The van der Waals surface area contributed by atoms with Gasteiger partial charge in [0, 0.05) is 0 Å². The molecule has 0 bridgehead atoms. The summed E-state index contributed by atoms with van der Waals surface area (Å²) in [5, 5.41) is 0.152. The topological polar surface area (TPSA) is 17.1 Å². The van der Waals surface area contributed by atoms with Crippen molar-refractivity contribution in [2.24, 2.45) is 0 Å². The van der Waals surface area contributed by atoms with Crippen molar-refractivity contribution in [2.45, 2.75) is 0 Å². The van der Waals surface area contributed by atoms with Crippen molar-refractivity contribution < 1.29 is 4.79 Å². The molecule has 4 rings (SSSR count). The van der Waals surface area contributed by atoms with E-state index in [9.17, 15) is 4.79 Å².